The lowest BCUT2D eigenvalue weighted by atomic mass is 10.1. The highest BCUT2D eigenvalue weighted by atomic mass is 35.5. The van der Waals surface area contributed by atoms with Crippen molar-refractivity contribution in [3.05, 3.63) is 64.7 Å². The van der Waals surface area contributed by atoms with Gasteiger partial charge in [-0.15, -0.1) is 0 Å². The van der Waals surface area contributed by atoms with Gasteiger partial charge in [0.1, 0.15) is 0 Å². The third kappa shape index (κ3) is 4.17. The first kappa shape index (κ1) is 19.9. The second-order valence-electron chi connectivity index (χ2n) is 6.74. The fourth-order valence-electron chi connectivity index (χ4n) is 3.05. The lowest BCUT2D eigenvalue weighted by Crippen LogP contribution is -2.31. The maximum atomic E-state index is 12.8. The van der Waals surface area contributed by atoms with Crippen molar-refractivity contribution in [3.63, 3.8) is 0 Å². The lowest BCUT2D eigenvalue weighted by Gasteiger charge is -2.22. The van der Waals surface area contributed by atoms with Crippen LogP contribution in [-0.2, 0) is 14.3 Å². The van der Waals surface area contributed by atoms with Gasteiger partial charge in [0.15, 0.2) is 0 Å². The molecule has 0 aromatic heterocycles. The van der Waals surface area contributed by atoms with E-state index in [1.165, 1.54) is 17.0 Å². The highest BCUT2D eigenvalue weighted by Gasteiger charge is 2.28. The standard InChI is InChI=1S/C21H21ClN2O4/c1-23(2)20(26)19(14-7-4-3-5-8-14)28-21(27)15-10-11-16(22)17(13-15)24-12-6-9-18(24)25/h3-5,7-8,10-11,13,19H,6,9,12H2,1-2H3/t19-/m1/s1. The number of rotatable bonds is 5. The summed E-state index contributed by atoms with van der Waals surface area (Å²) in [4.78, 5) is 40.3. The van der Waals surface area contributed by atoms with Gasteiger partial charge in [0, 0.05) is 32.6 Å². The lowest BCUT2D eigenvalue weighted by molar-refractivity contribution is -0.138. The van der Waals surface area contributed by atoms with Gasteiger partial charge in [-0.05, 0) is 24.6 Å². The zero-order valence-electron chi connectivity index (χ0n) is 15.7. The largest absolute Gasteiger partial charge is 0.444 e. The van der Waals surface area contributed by atoms with Gasteiger partial charge < -0.3 is 14.5 Å². The van der Waals surface area contributed by atoms with Crippen LogP contribution in [0.25, 0.3) is 0 Å². The second-order valence-corrected chi connectivity index (χ2v) is 7.15. The quantitative estimate of drug-likeness (QED) is 0.721. The number of hydrogen-bond acceptors (Lipinski definition) is 4. The van der Waals surface area contributed by atoms with Crippen LogP contribution in [0, 0.1) is 0 Å². The Morgan fingerprint density at radius 2 is 1.86 bits per heavy atom. The Kier molecular flexibility index (Phi) is 5.99. The molecule has 0 bridgehead atoms. The monoisotopic (exact) mass is 400 g/mol. The predicted molar refractivity (Wildman–Crippen MR) is 106 cm³/mol. The maximum absolute atomic E-state index is 12.8. The van der Waals surface area contributed by atoms with E-state index >= 15 is 0 Å². The minimum Gasteiger partial charge on any atom is -0.444 e. The summed E-state index contributed by atoms with van der Waals surface area (Å²) >= 11 is 6.23. The summed E-state index contributed by atoms with van der Waals surface area (Å²) in [5.41, 5.74) is 1.29. The minimum absolute atomic E-state index is 0.0302. The number of amides is 2. The number of carbonyl (C=O) groups is 3. The van der Waals surface area contributed by atoms with Crippen molar-refractivity contribution in [1.29, 1.82) is 0 Å². The summed E-state index contributed by atoms with van der Waals surface area (Å²) in [5.74, 6) is -1.03. The molecule has 1 heterocycles. The molecule has 2 amide bonds. The Morgan fingerprint density at radius 3 is 2.46 bits per heavy atom. The molecule has 146 valence electrons. The van der Waals surface area contributed by atoms with Crippen molar-refractivity contribution >= 4 is 35.1 Å². The number of ether oxygens (including phenoxy) is 1. The number of hydrogen-bond donors (Lipinski definition) is 0. The first-order valence-corrected chi connectivity index (χ1v) is 9.33. The van der Waals surface area contributed by atoms with Gasteiger partial charge in [0.2, 0.25) is 12.0 Å². The van der Waals surface area contributed by atoms with Crippen molar-refractivity contribution in [2.24, 2.45) is 0 Å². The fourth-order valence-corrected chi connectivity index (χ4v) is 3.27. The summed E-state index contributed by atoms with van der Waals surface area (Å²) in [7, 11) is 3.21. The van der Waals surface area contributed by atoms with Crippen LogP contribution in [0.3, 0.4) is 0 Å². The number of anilines is 1. The molecule has 1 aliphatic heterocycles. The Bertz CT molecular complexity index is 899. The van der Waals surface area contributed by atoms with E-state index in [4.69, 9.17) is 16.3 Å². The van der Waals surface area contributed by atoms with Gasteiger partial charge in [-0.1, -0.05) is 41.9 Å². The van der Waals surface area contributed by atoms with E-state index in [2.05, 4.69) is 0 Å². The van der Waals surface area contributed by atoms with Gasteiger partial charge in [0.25, 0.3) is 5.91 Å². The van der Waals surface area contributed by atoms with Gasteiger partial charge in [-0.25, -0.2) is 4.79 Å². The smallest absolute Gasteiger partial charge is 0.339 e. The van der Waals surface area contributed by atoms with E-state index in [-0.39, 0.29) is 17.4 Å². The van der Waals surface area contributed by atoms with Crippen LogP contribution in [0.1, 0.15) is 34.9 Å². The molecule has 0 spiro atoms. The molecule has 1 saturated heterocycles. The van der Waals surface area contributed by atoms with Crippen LogP contribution in [-0.4, -0.2) is 43.3 Å². The SMILES string of the molecule is CN(C)C(=O)[C@H](OC(=O)c1ccc(Cl)c(N2CCCC2=O)c1)c1ccccc1. The van der Waals surface area contributed by atoms with Crippen LogP contribution in [0.2, 0.25) is 5.02 Å². The third-order valence-corrected chi connectivity index (χ3v) is 4.86. The van der Waals surface area contributed by atoms with Crippen molar-refractivity contribution in [3.8, 4) is 0 Å². The van der Waals surface area contributed by atoms with Crippen LogP contribution < -0.4 is 4.90 Å². The maximum Gasteiger partial charge on any atom is 0.339 e. The molecule has 3 rings (SSSR count). The average molecular weight is 401 g/mol. The molecule has 2 aromatic carbocycles. The zero-order chi connectivity index (χ0) is 20.3. The molecule has 0 radical (unpaired) electrons. The summed E-state index contributed by atoms with van der Waals surface area (Å²) in [6, 6.07) is 13.5. The molecule has 1 fully saturated rings. The summed E-state index contributed by atoms with van der Waals surface area (Å²) in [5, 5.41) is 0.385. The summed E-state index contributed by atoms with van der Waals surface area (Å²) in [6.45, 7) is 0.558. The minimum atomic E-state index is -1.06. The molecule has 0 unspecified atom stereocenters. The highest BCUT2D eigenvalue weighted by molar-refractivity contribution is 6.34. The molecule has 0 aliphatic carbocycles. The van der Waals surface area contributed by atoms with E-state index in [9.17, 15) is 14.4 Å². The zero-order valence-corrected chi connectivity index (χ0v) is 16.5. The Labute approximate surface area is 168 Å². The first-order valence-electron chi connectivity index (χ1n) is 8.95. The topological polar surface area (TPSA) is 66.9 Å². The van der Waals surface area contributed by atoms with E-state index in [0.717, 1.165) is 6.42 Å². The third-order valence-electron chi connectivity index (χ3n) is 4.54. The summed E-state index contributed by atoms with van der Waals surface area (Å²) in [6.07, 6.45) is 0.145. The van der Waals surface area contributed by atoms with Crippen molar-refractivity contribution < 1.29 is 19.1 Å². The average Bonchev–Trinajstić information content (AvgIpc) is 3.12. The van der Waals surface area contributed by atoms with E-state index in [1.54, 1.807) is 49.3 Å². The van der Waals surface area contributed by atoms with Gasteiger partial charge in [0.05, 0.1) is 16.3 Å². The first-order chi connectivity index (χ1) is 13.4. The van der Waals surface area contributed by atoms with Crippen molar-refractivity contribution in [1.82, 2.24) is 4.90 Å². The number of nitrogens with zero attached hydrogens (tertiary/aromatic N) is 2. The number of esters is 1. The molecule has 1 aliphatic rings. The molecular weight excluding hydrogens is 380 g/mol. The van der Waals surface area contributed by atoms with Crippen molar-refractivity contribution in [2.75, 3.05) is 25.5 Å². The van der Waals surface area contributed by atoms with Crippen LogP contribution in [0.5, 0.6) is 0 Å². The Morgan fingerprint density at radius 1 is 1.14 bits per heavy atom. The number of benzene rings is 2. The molecular formula is C21H21ClN2O4. The van der Waals surface area contributed by atoms with E-state index in [0.29, 0.717) is 29.2 Å². The molecule has 1 atom stereocenters. The van der Waals surface area contributed by atoms with E-state index < -0.39 is 12.1 Å². The molecule has 2 aromatic rings. The molecule has 28 heavy (non-hydrogen) atoms. The van der Waals surface area contributed by atoms with Crippen LogP contribution in [0.15, 0.2) is 48.5 Å². The molecule has 7 heteroatoms. The molecule has 0 N–H and O–H groups in total. The molecule has 0 saturated carbocycles. The van der Waals surface area contributed by atoms with E-state index in [1.807, 2.05) is 6.07 Å². The predicted octanol–water partition coefficient (Wildman–Crippen LogP) is 3.45. The van der Waals surface area contributed by atoms with Crippen LogP contribution in [0.4, 0.5) is 5.69 Å². The van der Waals surface area contributed by atoms with Crippen LogP contribution >= 0.6 is 11.6 Å². The Balaban J connectivity index is 1.88. The number of carbonyl (C=O) groups excluding carboxylic acids is 3. The summed E-state index contributed by atoms with van der Waals surface area (Å²) < 4.78 is 5.55. The number of likely N-dealkylation sites (N-methyl/N-ethyl adjacent to an activating group) is 1. The Hall–Kier alpha value is -2.86. The fraction of sp³-hybridized carbons (Fsp3) is 0.286. The van der Waals surface area contributed by atoms with Gasteiger partial charge in [-0.3, -0.25) is 9.59 Å². The van der Waals surface area contributed by atoms with Crippen molar-refractivity contribution in [2.45, 2.75) is 18.9 Å². The molecule has 6 nitrogen and oxygen atoms in total. The number of halogens is 1. The van der Waals surface area contributed by atoms with Gasteiger partial charge >= 0.3 is 5.97 Å². The van der Waals surface area contributed by atoms with Gasteiger partial charge in [-0.2, -0.15) is 0 Å². The normalized spacial score (nSPS) is 14.7. The second kappa shape index (κ2) is 8.44. The highest BCUT2D eigenvalue weighted by Crippen LogP contribution is 2.31.